The molecule has 46 heavy (non-hydrogen) atoms. The number of carbonyl (C=O) groups is 1. The SMILES string of the molecule is C=CC[C@H](OCc1ccccc1)C(=O)[C@@H](OCc1ccccc1)[C@H](OCc1ccccc1)[C@@H](OCc1ccccc1)C(OC)OC. The number of rotatable bonds is 21. The van der Waals surface area contributed by atoms with Gasteiger partial charge < -0.3 is 28.4 Å². The molecule has 0 heterocycles. The maximum absolute atomic E-state index is 14.6. The summed E-state index contributed by atoms with van der Waals surface area (Å²) >= 11 is 0. The smallest absolute Gasteiger partial charge is 0.193 e. The van der Waals surface area contributed by atoms with E-state index in [0.717, 1.165) is 22.3 Å². The molecular weight excluding hydrogens is 580 g/mol. The van der Waals surface area contributed by atoms with Crippen molar-refractivity contribution < 1.29 is 33.2 Å². The first-order valence-electron chi connectivity index (χ1n) is 15.4. The molecule has 0 saturated heterocycles. The molecule has 4 aromatic carbocycles. The highest BCUT2D eigenvalue weighted by molar-refractivity contribution is 5.88. The minimum Gasteiger partial charge on any atom is -0.367 e. The first-order chi connectivity index (χ1) is 22.6. The number of hydrogen-bond acceptors (Lipinski definition) is 7. The maximum Gasteiger partial charge on any atom is 0.193 e. The van der Waals surface area contributed by atoms with Crippen molar-refractivity contribution in [2.24, 2.45) is 0 Å². The van der Waals surface area contributed by atoms with Gasteiger partial charge in [0.2, 0.25) is 0 Å². The summed E-state index contributed by atoms with van der Waals surface area (Å²) in [5.74, 6) is -0.288. The van der Waals surface area contributed by atoms with Crippen LogP contribution in [0, 0.1) is 0 Å². The maximum atomic E-state index is 14.6. The van der Waals surface area contributed by atoms with E-state index in [0.29, 0.717) is 0 Å². The second-order valence-electron chi connectivity index (χ2n) is 10.8. The van der Waals surface area contributed by atoms with Crippen LogP contribution in [-0.4, -0.2) is 50.7 Å². The second kappa shape index (κ2) is 19.5. The predicted octanol–water partition coefficient (Wildman–Crippen LogP) is 7.09. The molecule has 0 unspecified atom stereocenters. The molecular formula is C39H44O7. The monoisotopic (exact) mass is 624 g/mol. The van der Waals surface area contributed by atoms with Crippen molar-refractivity contribution >= 4 is 5.78 Å². The Morgan fingerprint density at radius 1 is 0.565 bits per heavy atom. The second-order valence-corrected chi connectivity index (χ2v) is 10.8. The minimum atomic E-state index is -1.11. The van der Waals surface area contributed by atoms with Crippen molar-refractivity contribution in [3.8, 4) is 0 Å². The summed E-state index contributed by atoms with van der Waals surface area (Å²) in [5.41, 5.74) is 3.73. The van der Waals surface area contributed by atoms with Gasteiger partial charge in [-0.25, -0.2) is 0 Å². The van der Waals surface area contributed by atoms with Crippen LogP contribution in [0.4, 0.5) is 0 Å². The van der Waals surface area contributed by atoms with Gasteiger partial charge in [0, 0.05) is 14.2 Å². The molecule has 0 amide bonds. The molecule has 0 aliphatic heterocycles. The van der Waals surface area contributed by atoms with Crippen molar-refractivity contribution in [3.05, 3.63) is 156 Å². The Balaban J connectivity index is 1.71. The third kappa shape index (κ3) is 10.8. The van der Waals surface area contributed by atoms with Gasteiger partial charge in [-0.2, -0.15) is 0 Å². The van der Waals surface area contributed by atoms with Gasteiger partial charge in [-0.3, -0.25) is 4.79 Å². The Kier molecular flexibility index (Phi) is 14.8. The van der Waals surface area contributed by atoms with Crippen LogP contribution in [0.2, 0.25) is 0 Å². The summed E-state index contributed by atoms with van der Waals surface area (Å²) in [5, 5.41) is 0. The average Bonchev–Trinajstić information content (AvgIpc) is 3.11. The molecule has 4 aromatic rings. The molecule has 4 atom stereocenters. The Morgan fingerprint density at radius 2 is 0.935 bits per heavy atom. The molecule has 7 heteroatoms. The van der Waals surface area contributed by atoms with E-state index in [1.165, 1.54) is 14.2 Å². The lowest BCUT2D eigenvalue weighted by molar-refractivity contribution is -0.240. The lowest BCUT2D eigenvalue weighted by atomic mass is 9.97. The molecule has 0 spiro atoms. The summed E-state index contributed by atoms with van der Waals surface area (Å²) in [4.78, 5) is 14.6. The fourth-order valence-electron chi connectivity index (χ4n) is 5.05. The van der Waals surface area contributed by atoms with E-state index in [-0.39, 0.29) is 38.6 Å². The summed E-state index contributed by atoms with van der Waals surface area (Å²) in [7, 11) is 3.07. The molecule has 0 saturated carbocycles. The molecule has 0 radical (unpaired) electrons. The van der Waals surface area contributed by atoms with Crippen LogP contribution in [0.1, 0.15) is 28.7 Å². The Hall–Kier alpha value is -3.95. The summed E-state index contributed by atoms with van der Waals surface area (Å²) in [6.45, 7) is 4.75. The lowest BCUT2D eigenvalue weighted by Crippen LogP contribution is -2.54. The van der Waals surface area contributed by atoms with E-state index < -0.39 is 30.7 Å². The van der Waals surface area contributed by atoms with E-state index >= 15 is 0 Å². The van der Waals surface area contributed by atoms with Gasteiger partial charge >= 0.3 is 0 Å². The number of Topliss-reactive ketones (excluding diaryl/α,β-unsaturated/α-hetero) is 1. The number of hydrogen-bond donors (Lipinski definition) is 0. The van der Waals surface area contributed by atoms with Gasteiger partial charge in [0.15, 0.2) is 12.1 Å². The normalized spacial score (nSPS) is 14.0. The zero-order chi connectivity index (χ0) is 32.4. The molecule has 0 aromatic heterocycles. The van der Waals surface area contributed by atoms with E-state index in [2.05, 4.69) is 6.58 Å². The van der Waals surface area contributed by atoms with Crippen LogP contribution in [0.5, 0.6) is 0 Å². The highest BCUT2D eigenvalue weighted by atomic mass is 16.7. The lowest BCUT2D eigenvalue weighted by Gasteiger charge is -2.37. The number of methoxy groups -OCH3 is 2. The topological polar surface area (TPSA) is 72.5 Å². The fourth-order valence-corrected chi connectivity index (χ4v) is 5.05. The van der Waals surface area contributed by atoms with Gasteiger partial charge in [-0.15, -0.1) is 6.58 Å². The molecule has 0 aliphatic rings. The third-order valence-electron chi connectivity index (χ3n) is 7.47. The predicted molar refractivity (Wildman–Crippen MR) is 178 cm³/mol. The van der Waals surface area contributed by atoms with Gasteiger partial charge in [0.25, 0.3) is 0 Å². The third-order valence-corrected chi connectivity index (χ3v) is 7.47. The van der Waals surface area contributed by atoms with Crippen molar-refractivity contribution in [1.82, 2.24) is 0 Å². The van der Waals surface area contributed by atoms with Crippen LogP contribution >= 0.6 is 0 Å². The summed E-state index contributed by atoms with van der Waals surface area (Å²) in [6.07, 6.45) is -2.67. The molecule has 7 nitrogen and oxygen atoms in total. The van der Waals surface area contributed by atoms with Gasteiger partial charge in [-0.05, 0) is 28.7 Å². The van der Waals surface area contributed by atoms with Crippen LogP contribution in [-0.2, 0) is 59.6 Å². The zero-order valence-corrected chi connectivity index (χ0v) is 26.6. The van der Waals surface area contributed by atoms with E-state index in [1.807, 2.05) is 121 Å². The average molecular weight is 625 g/mol. The Morgan fingerprint density at radius 3 is 1.33 bits per heavy atom. The Labute approximate surface area is 272 Å². The van der Waals surface area contributed by atoms with E-state index in [4.69, 9.17) is 28.4 Å². The number of ether oxygens (including phenoxy) is 6. The number of benzene rings is 4. The molecule has 0 fully saturated rings. The first-order valence-corrected chi connectivity index (χ1v) is 15.4. The van der Waals surface area contributed by atoms with Crippen LogP contribution in [0.15, 0.2) is 134 Å². The van der Waals surface area contributed by atoms with Crippen molar-refractivity contribution in [2.75, 3.05) is 14.2 Å². The summed E-state index contributed by atoms with van der Waals surface area (Å²) < 4.78 is 37.4. The first kappa shape index (κ1) is 34.9. The number of ketones is 1. The molecule has 0 bridgehead atoms. The number of carbonyl (C=O) groups excluding carboxylic acids is 1. The van der Waals surface area contributed by atoms with Crippen LogP contribution < -0.4 is 0 Å². The fraction of sp³-hybridized carbons (Fsp3) is 0.308. The molecule has 4 rings (SSSR count). The van der Waals surface area contributed by atoms with Gasteiger partial charge in [-0.1, -0.05) is 127 Å². The van der Waals surface area contributed by atoms with Crippen molar-refractivity contribution in [1.29, 1.82) is 0 Å². The van der Waals surface area contributed by atoms with Gasteiger partial charge in [0.1, 0.15) is 24.4 Å². The van der Waals surface area contributed by atoms with Crippen molar-refractivity contribution in [3.63, 3.8) is 0 Å². The highest BCUT2D eigenvalue weighted by Gasteiger charge is 2.43. The standard InChI is InChI=1S/C39H44O7/c1-4-17-34(43-26-30-18-9-5-10-19-30)35(40)36(44-27-31-20-11-6-12-21-31)37(45-28-32-22-13-7-14-23-32)38(39(41-2)42-3)46-29-33-24-15-8-16-25-33/h4-16,18-25,34,36-39H,1,17,26-29H2,2-3H3/t34-,36+,37-,38+/m0/s1. The summed E-state index contributed by atoms with van der Waals surface area (Å²) in [6, 6.07) is 39.0. The molecule has 242 valence electrons. The van der Waals surface area contributed by atoms with E-state index in [1.54, 1.807) is 6.08 Å². The quantitative estimate of drug-likeness (QED) is 0.0724. The highest BCUT2D eigenvalue weighted by Crippen LogP contribution is 2.25. The Bertz CT molecular complexity index is 1400. The van der Waals surface area contributed by atoms with Crippen LogP contribution in [0.3, 0.4) is 0 Å². The van der Waals surface area contributed by atoms with Crippen LogP contribution in [0.25, 0.3) is 0 Å². The molecule has 0 N–H and O–H groups in total. The molecule has 0 aliphatic carbocycles. The minimum absolute atomic E-state index is 0.165. The van der Waals surface area contributed by atoms with E-state index in [9.17, 15) is 4.79 Å². The van der Waals surface area contributed by atoms with Crippen molar-refractivity contribution in [2.45, 2.75) is 63.6 Å². The zero-order valence-electron chi connectivity index (χ0n) is 26.6. The largest absolute Gasteiger partial charge is 0.367 e. The van der Waals surface area contributed by atoms with Gasteiger partial charge in [0.05, 0.1) is 26.4 Å².